The van der Waals surface area contributed by atoms with E-state index in [9.17, 15) is 5.11 Å². The van der Waals surface area contributed by atoms with Crippen LogP contribution in [0.3, 0.4) is 0 Å². The lowest BCUT2D eigenvalue weighted by Gasteiger charge is -2.42. The number of aliphatic hydroxyl groups excluding tert-OH is 1. The van der Waals surface area contributed by atoms with Crippen LogP contribution in [0.25, 0.3) is 0 Å². The summed E-state index contributed by atoms with van der Waals surface area (Å²) in [6.07, 6.45) is 1.99. The highest BCUT2D eigenvalue weighted by Crippen LogP contribution is 2.35. The summed E-state index contributed by atoms with van der Waals surface area (Å²) in [5.74, 6) is 1.32. The van der Waals surface area contributed by atoms with E-state index in [1.807, 2.05) is 0 Å². The molecule has 1 saturated heterocycles. The maximum Gasteiger partial charge on any atom is 0.160 e. The average Bonchev–Trinajstić information content (AvgIpc) is 2.29. The van der Waals surface area contributed by atoms with Crippen LogP contribution in [-0.2, 0) is 9.47 Å². The van der Waals surface area contributed by atoms with E-state index in [0.29, 0.717) is 17.8 Å². The lowest BCUT2D eigenvalue weighted by Crippen LogP contribution is -2.47. The largest absolute Gasteiger partial charge is 0.394 e. The molecule has 96 valence electrons. The summed E-state index contributed by atoms with van der Waals surface area (Å²) in [5.41, 5.74) is 0. The Labute approximate surface area is 99.1 Å². The van der Waals surface area contributed by atoms with Crippen LogP contribution in [0.1, 0.15) is 40.5 Å². The third-order valence-electron chi connectivity index (χ3n) is 3.94. The van der Waals surface area contributed by atoms with Crippen molar-refractivity contribution in [2.75, 3.05) is 13.2 Å². The van der Waals surface area contributed by atoms with Gasteiger partial charge in [0.25, 0.3) is 0 Å². The van der Waals surface area contributed by atoms with E-state index in [1.54, 1.807) is 0 Å². The van der Waals surface area contributed by atoms with Gasteiger partial charge in [0.15, 0.2) is 6.29 Å². The van der Waals surface area contributed by atoms with Gasteiger partial charge in [-0.1, -0.05) is 34.1 Å². The standard InChI is InChI=1S/C13H26O3/c1-5-6-7-15-13-11(4)9(2)10(3)12(8-14)16-13/h9-14H,5-8H2,1-4H3/t9-,10+,11+,12+,13+/m0/s1. The first-order chi connectivity index (χ1) is 7.61. The van der Waals surface area contributed by atoms with Gasteiger partial charge >= 0.3 is 0 Å². The summed E-state index contributed by atoms with van der Waals surface area (Å²) in [6.45, 7) is 9.53. The molecule has 5 atom stereocenters. The summed E-state index contributed by atoms with van der Waals surface area (Å²) in [6, 6.07) is 0. The second-order valence-corrected chi connectivity index (χ2v) is 5.03. The minimum Gasteiger partial charge on any atom is -0.394 e. The van der Waals surface area contributed by atoms with Gasteiger partial charge < -0.3 is 14.6 Å². The van der Waals surface area contributed by atoms with Gasteiger partial charge in [0.1, 0.15) is 0 Å². The van der Waals surface area contributed by atoms with Crippen molar-refractivity contribution < 1.29 is 14.6 Å². The molecule has 0 spiro atoms. The number of hydrogen-bond donors (Lipinski definition) is 1. The van der Waals surface area contributed by atoms with Crippen LogP contribution in [0.2, 0.25) is 0 Å². The Hall–Kier alpha value is -0.120. The van der Waals surface area contributed by atoms with E-state index in [2.05, 4.69) is 27.7 Å². The minimum absolute atomic E-state index is 0.0715. The maximum absolute atomic E-state index is 9.27. The van der Waals surface area contributed by atoms with Crippen molar-refractivity contribution in [3.63, 3.8) is 0 Å². The normalized spacial score (nSPS) is 39.9. The molecule has 0 radical (unpaired) electrons. The molecule has 0 bridgehead atoms. The quantitative estimate of drug-likeness (QED) is 0.737. The fourth-order valence-corrected chi connectivity index (χ4v) is 2.23. The van der Waals surface area contributed by atoms with Crippen molar-refractivity contribution in [3.8, 4) is 0 Å². The molecule has 1 fully saturated rings. The molecule has 0 amide bonds. The van der Waals surface area contributed by atoms with E-state index in [0.717, 1.165) is 19.4 Å². The molecule has 16 heavy (non-hydrogen) atoms. The Morgan fingerprint density at radius 3 is 2.38 bits per heavy atom. The van der Waals surface area contributed by atoms with Gasteiger partial charge in [-0.25, -0.2) is 0 Å². The van der Waals surface area contributed by atoms with Gasteiger partial charge in [-0.05, 0) is 18.3 Å². The van der Waals surface area contributed by atoms with Gasteiger partial charge in [0.05, 0.1) is 12.7 Å². The summed E-state index contributed by atoms with van der Waals surface area (Å²) in [7, 11) is 0. The van der Waals surface area contributed by atoms with Crippen LogP contribution < -0.4 is 0 Å². The van der Waals surface area contributed by atoms with E-state index in [1.165, 1.54) is 0 Å². The molecule has 1 rings (SSSR count). The monoisotopic (exact) mass is 230 g/mol. The second-order valence-electron chi connectivity index (χ2n) is 5.03. The van der Waals surface area contributed by atoms with Crippen molar-refractivity contribution in [2.24, 2.45) is 17.8 Å². The molecule has 1 heterocycles. The number of aliphatic hydroxyl groups is 1. The number of unbranched alkanes of at least 4 members (excludes halogenated alkanes) is 1. The Bertz CT molecular complexity index is 194. The number of ether oxygens (including phenoxy) is 2. The van der Waals surface area contributed by atoms with Crippen molar-refractivity contribution in [1.82, 2.24) is 0 Å². The Morgan fingerprint density at radius 1 is 1.12 bits per heavy atom. The van der Waals surface area contributed by atoms with Crippen LogP contribution >= 0.6 is 0 Å². The molecule has 0 aromatic carbocycles. The van der Waals surface area contributed by atoms with Gasteiger partial charge in [0, 0.05) is 12.5 Å². The lowest BCUT2D eigenvalue weighted by molar-refractivity contribution is -0.254. The highest BCUT2D eigenvalue weighted by atomic mass is 16.7. The Kier molecular flexibility index (Phi) is 5.73. The smallest absolute Gasteiger partial charge is 0.160 e. The molecular formula is C13H26O3. The molecule has 0 aromatic heterocycles. The van der Waals surface area contributed by atoms with Crippen LogP contribution in [0, 0.1) is 17.8 Å². The molecule has 0 saturated carbocycles. The highest BCUT2D eigenvalue weighted by molar-refractivity contribution is 4.82. The molecule has 0 aromatic rings. The van der Waals surface area contributed by atoms with E-state index in [-0.39, 0.29) is 19.0 Å². The zero-order valence-corrected chi connectivity index (χ0v) is 11.0. The lowest BCUT2D eigenvalue weighted by atomic mass is 9.79. The third kappa shape index (κ3) is 3.19. The predicted molar refractivity (Wildman–Crippen MR) is 64.1 cm³/mol. The fraction of sp³-hybridized carbons (Fsp3) is 1.00. The zero-order chi connectivity index (χ0) is 12.1. The minimum atomic E-state index is -0.144. The molecule has 0 unspecified atom stereocenters. The Balaban J connectivity index is 2.50. The second kappa shape index (κ2) is 6.58. The molecule has 3 nitrogen and oxygen atoms in total. The summed E-state index contributed by atoms with van der Waals surface area (Å²) in [5, 5.41) is 9.27. The van der Waals surface area contributed by atoms with Crippen LogP contribution in [0.5, 0.6) is 0 Å². The van der Waals surface area contributed by atoms with Crippen molar-refractivity contribution >= 4 is 0 Å². The first-order valence-corrected chi connectivity index (χ1v) is 6.49. The average molecular weight is 230 g/mol. The van der Waals surface area contributed by atoms with Gasteiger partial charge in [-0.15, -0.1) is 0 Å². The molecule has 0 aliphatic carbocycles. The van der Waals surface area contributed by atoms with E-state index < -0.39 is 0 Å². The van der Waals surface area contributed by atoms with Crippen LogP contribution in [0.4, 0.5) is 0 Å². The topological polar surface area (TPSA) is 38.7 Å². The summed E-state index contributed by atoms with van der Waals surface area (Å²) >= 11 is 0. The molecular weight excluding hydrogens is 204 g/mol. The van der Waals surface area contributed by atoms with Crippen molar-refractivity contribution in [3.05, 3.63) is 0 Å². The van der Waals surface area contributed by atoms with E-state index in [4.69, 9.17) is 9.47 Å². The predicted octanol–water partition coefficient (Wildman–Crippen LogP) is 2.43. The molecule has 1 aliphatic rings. The third-order valence-corrected chi connectivity index (χ3v) is 3.94. The first kappa shape index (κ1) is 13.9. The molecule has 3 heteroatoms. The Morgan fingerprint density at radius 2 is 1.81 bits per heavy atom. The summed E-state index contributed by atoms with van der Waals surface area (Å²) < 4.78 is 11.6. The van der Waals surface area contributed by atoms with Crippen LogP contribution in [0.15, 0.2) is 0 Å². The summed E-state index contributed by atoms with van der Waals surface area (Å²) in [4.78, 5) is 0. The SMILES string of the molecule is CCCCO[C@@H]1O[C@H](CO)[C@H](C)[C@H](C)[C@H]1C. The van der Waals surface area contributed by atoms with Crippen molar-refractivity contribution in [2.45, 2.75) is 52.9 Å². The molecule has 1 aliphatic heterocycles. The van der Waals surface area contributed by atoms with Gasteiger partial charge in [-0.3, -0.25) is 0 Å². The van der Waals surface area contributed by atoms with Crippen LogP contribution in [-0.4, -0.2) is 30.7 Å². The van der Waals surface area contributed by atoms with Crippen molar-refractivity contribution in [1.29, 1.82) is 0 Å². The molecule has 1 N–H and O–H groups in total. The number of hydrogen-bond acceptors (Lipinski definition) is 3. The first-order valence-electron chi connectivity index (χ1n) is 6.49. The van der Waals surface area contributed by atoms with E-state index >= 15 is 0 Å². The highest BCUT2D eigenvalue weighted by Gasteiger charge is 2.39. The zero-order valence-electron chi connectivity index (χ0n) is 11.0. The number of rotatable bonds is 5. The van der Waals surface area contributed by atoms with Gasteiger partial charge in [0.2, 0.25) is 0 Å². The maximum atomic E-state index is 9.27. The fourth-order valence-electron chi connectivity index (χ4n) is 2.23. The van der Waals surface area contributed by atoms with Gasteiger partial charge in [-0.2, -0.15) is 0 Å².